The highest BCUT2D eigenvalue weighted by Gasteiger charge is 2.32. The first-order chi connectivity index (χ1) is 13.1. The smallest absolute Gasteiger partial charge is 0.241 e. The number of nitrogens with zero attached hydrogens (tertiary/aromatic N) is 3. The minimum atomic E-state index is -0.306. The van der Waals surface area contributed by atoms with E-state index in [9.17, 15) is 4.79 Å². The molecule has 0 saturated carbocycles. The van der Waals surface area contributed by atoms with Gasteiger partial charge in [-0.2, -0.15) is 4.98 Å². The summed E-state index contributed by atoms with van der Waals surface area (Å²) < 4.78 is 10.6. The highest BCUT2D eigenvalue weighted by molar-refractivity contribution is 6.35. The number of amides is 1. The van der Waals surface area contributed by atoms with E-state index in [0.29, 0.717) is 39.8 Å². The fourth-order valence-corrected chi connectivity index (χ4v) is 3.46. The van der Waals surface area contributed by atoms with Crippen LogP contribution in [0.3, 0.4) is 0 Å². The van der Waals surface area contributed by atoms with Crippen molar-refractivity contribution in [1.82, 2.24) is 15.0 Å². The fourth-order valence-electron chi connectivity index (χ4n) is 3.12. The molecule has 140 valence electrons. The lowest BCUT2D eigenvalue weighted by molar-refractivity contribution is -0.120. The largest absolute Gasteiger partial charge is 0.461 e. The van der Waals surface area contributed by atoms with Crippen LogP contribution in [0.1, 0.15) is 18.7 Å². The average molecular weight is 407 g/mol. The van der Waals surface area contributed by atoms with Gasteiger partial charge in [0.2, 0.25) is 17.6 Å². The van der Waals surface area contributed by atoms with Gasteiger partial charge in [0, 0.05) is 5.02 Å². The molecule has 0 radical (unpaired) electrons. The Morgan fingerprint density at radius 1 is 1.33 bits per heavy atom. The maximum Gasteiger partial charge on any atom is 0.241 e. The molecule has 3 aromatic rings. The SMILES string of the molecule is O=C(Nc1cc(Cl)ccc1Cl)C1CCCN1Cc1nc(-c2ccco2)no1. The zero-order chi connectivity index (χ0) is 18.8. The number of benzene rings is 1. The van der Waals surface area contributed by atoms with Crippen LogP contribution in [0.4, 0.5) is 5.69 Å². The van der Waals surface area contributed by atoms with E-state index in [1.807, 2.05) is 4.90 Å². The standard InChI is InChI=1S/C18H16Cl2N4O3/c19-11-5-6-12(20)13(9-11)21-18(25)14-3-1-7-24(14)10-16-22-17(23-27-16)15-4-2-8-26-15/h2,4-6,8-9,14H,1,3,7,10H2,(H,21,25). The Balaban J connectivity index is 1.44. The molecule has 0 spiro atoms. The summed E-state index contributed by atoms with van der Waals surface area (Å²) in [6.07, 6.45) is 3.19. The second-order valence-electron chi connectivity index (χ2n) is 6.23. The van der Waals surface area contributed by atoms with Crippen molar-refractivity contribution in [3.8, 4) is 11.6 Å². The van der Waals surface area contributed by atoms with Crippen LogP contribution in [0.25, 0.3) is 11.6 Å². The number of hydrogen-bond donors (Lipinski definition) is 1. The van der Waals surface area contributed by atoms with Crippen LogP contribution in [0.2, 0.25) is 10.0 Å². The third-order valence-electron chi connectivity index (χ3n) is 4.40. The highest BCUT2D eigenvalue weighted by Crippen LogP contribution is 2.27. The molecule has 1 aromatic carbocycles. The van der Waals surface area contributed by atoms with Crippen molar-refractivity contribution in [1.29, 1.82) is 0 Å². The van der Waals surface area contributed by atoms with Gasteiger partial charge in [0.25, 0.3) is 0 Å². The normalized spacial score (nSPS) is 17.3. The summed E-state index contributed by atoms with van der Waals surface area (Å²) >= 11 is 12.1. The summed E-state index contributed by atoms with van der Waals surface area (Å²) in [5.41, 5.74) is 0.499. The molecule has 9 heteroatoms. The number of halogens is 2. The van der Waals surface area contributed by atoms with Gasteiger partial charge in [0.05, 0.1) is 29.6 Å². The highest BCUT2D eigenvalue weighted by atomic mass is 35.5. The predicted octanol–water partition coefficient (Wildman–Crippen LogP) is 4.24. The molecule has 1 atom stereocenters. The average Bonchev–Trinajstić information content (AvgIpc) is 3.39. The third-order valence-corrected chi connectivity index (χ3v) is 4.97. The first-order valence-corrected chi connectivity index (χ1v) is 9.22. The lowest BCUT2D eigenvalue weighted by Crippen LogP contribution is -2.39. The van der Waals surface area contributed by atoms with E-state index in [-0.39, 0.29) is 11.9 Å². The number of rotatable bonds is 5. The number of furan rings is 1. The summed E-state index contributed by atoms with van der Waals surface area (Å²) in [4.78, 5) is 19.1. The quantitative estimate of drug-likeness (QED) is 0.681. The monoisotopic (exact) mass is 406 g/mol. The first-order valence-electron chi connectivity index (χ1n) is 8.46. The van der Waals surface area contributed by atoms with Crippen LogP contribution in [-0.4, -0.2) is 33.5 Å². The molecule has 4 rings (SSSR count). The summed E-state index contributed by atoms with van der Waals surface area (Å²) in [5.74, 6) is 1.22. The molecule has 1 unspecified atom stereocenters. The van der Waals surface area contributed by atoms with E-state index >= 15 is 0 Å². The fraction of sp³-hybridized carbons (Fsp3) is 0.278. The molecule has 1 saturated heterocycles. The maximum absolute atomic E-state index is 12.7. The molecule has 7 nitrogen and oxygen atoms in total. The molecule has 1 amide bonds. The molecule has 1 aliphatic heterocycles. The maximum atomic E-state index is 12.7. The van der Waals surface area contributed by atoms with Crippen molar-refractivity contribution in [2.45, 2.75) is 25.4 Å². The van der Waals surface area contributed by atoms with E-state index < -0.39 is 0 Å². The topological polar surface area (TPSA) is 84.4 Å². The summed E-state index contributed by atoms with van der Waals surface area (Å²) in [6.45, 7) is 1.15. The Bertz CT molecular complexity index is 942. The molecule has 3 heterocycles. The van der Waals surface area contributed by atoms with Crippen molar-refractivity contribution >= 4 is 34.8 Å². The zero-order valence-corrected chi connectivity index (χ0v) is 15.7. The van der Waals surface area contributed by atoms with Crippen LogP contribution < -0.4 is 5.32 Å². The molecule has 1 fully saturated rings. The Hall–Kier alpha value is -2.35. The van der Waals surface area contributed by atoms with E-state index in [1.165, 1.54) is 0 Å². The van der Waals surface area contributed by atoms with Crippen LogP contribution in [0.5, 0.6) is 0 Å². The Kier molecular flexibility index (Phi) is 5.15. The van der Waals surface area contributed by atoms with E-state index in [4.69, 9.17) is 32.1 Å². The molecule has 1 N–H and O–H groups in total. The van der Waals surface area contributed by atoms with Gasteiger partial charge in [-0.25, -0.2) is 0 Å². The molecule has 27 heavy (non-hydrogen) atoms. The number of nitrogens with one attached hydrogen (secondary N) is 1. The van der Waals surface area contributed by atoms with Crippen molar-refractivity contribution in [3.63, 3.8) is 0 Å². The first kappa shape index (κ1) is 18.0. The molecule has 2 aromatic heterocycles. The van der Waals surface area contributed by atoms with E-state index in [2.05, 4.69) is 15.5 Å². The predicted molar refractivity (Wildman–Crippen MR) is 101 cm³/mol. The Morgan fingerprint density at radius 3 is 3.04 bits per heavy atom. The number of anilines is 1. The lowest BCUT2D eigenvalue weighted by Gasteiger charge is -2.22. The van der Waals surface area contributed by atoms with Gasteiger partial charge in [0.1, 0.15) is 0 Å². The van der Waals surface area contributed by atoms with Gasteiger partial charge in [-0.05, 0) is 49.7 Å². The van der Waals surface area contributed by atoms with Crippen LogP contribution in [0.15, 0.2) is 45.5 Å². The van der Waals surface area contributed by atoms with Gasteiger partial charge in [-0.3, -0.25) is 9.69 Å². The lowest BCUT2D eigenvalue weighted by atomic mass is 10.2. The number of carbonyl (C=O) groups is 1. The molecule has 1 aliphatic rings. The van der Waals surface area contributed by atoms with Gasteiger partial charge >= 0.3 is 0 Å². The second-order valence-corrected chi connectivity index (χ2v) is 7.07. The van der Waals surface area contributed by atoms with Gasteiger partial charge in [-0.1, -0.05) is 28.4 Å². The number of aromatic nitrogens is 2. The van der Waals surface area contributed by atoms with Crippen LogP contribution in [-0.2, 0) is 11.3 Å². The minimum absolute atomic E-state index is 0.137. The molecule has 0 bridgehead atoms. The molecular formula is C18H16Cl2N4O3. The Morgan fingerprint density at radius 2 is 2.22 bits per heavy atom. The van der Waals surface area contributed by atoms with Crippen molar-refractivity contribution in [2.24, 2.45) is 0 Å². The Labute approximate surface area is 165 Å². The van der Waals surface area contributed by atoms with Gasteiger partial charge in [0.15, 0.2) is 5.76 Å². The van der Waals surface area contributed by atoms with Crippen molar-refractivity contribution < 1.29 is 13.7 Å². The van der Waals surface area contributed by atoms with Crippen LogP contribution >= 0.6 is 23.2 Å². The second kappa shape index (κ2) is 7.72. The molecule has 0 aliphatic carbocycles. The molecular weight excluding hydrogens is 391 g/mol. The number of carbonyl (C=O) groups excluding carboxylic acids is 1. The summed E-state index contributed by atoms with van der Waals surface area (Å²) in [5, 5.41) is 7.73. The zero-order valence-electron chi connectivity index (χ0n) is 14.2. The van der Waals surface area contributed by atoms with Gasteiger partial charge in [-0.15, -0.1) is 0 Å². The van der Waals surface area contributed by atoms with Crippen LogP contribution in [0, 0.1) is 0 Å². The van der Waals surface area contributed by atoms with E-state index in [1.54, 1.807) is 36.6 Å². The minimum Gasteiger partial charge on any atom is -0.461 e. The number of likely N-dealkylation sites (tertiary alicyclic amines) is 1. The number of hydrogen-bond acceptors (Lipinski definition) is 6. The van der Waals surface area contributed by atoms with Crippen molar-refractivity contribution in [3.05, 3.63) is 52.5 Å². The summed E-state index contributed by atoms with van der Waals surface area (Å²) in [7, 11) is 0. The van der Waals surface area contributed by atoms with Crippen molar-refractivity contribution in [2.75, 3.05) is 11.9 Å². The van der Waals surface area contributed by atoms with E-state index in [0.717, 1.165) is 19.4 Å². The summed E-state index contributed by atoms with van der Waals surface area (Å²) in [6, 6.07) is 8.17. The third kappa shape index (κ3) is 4.00. The van der Waals surface area contributed by atoms with Gasteiger partial charge < -0.3 is 14.3 Å².